The highest BCUT2D eigenvalue weighted by molar-refractivity contribution is 7.98. The summed E-state index contributed by atoms with van der Waals surface area (Å²) in [6.45, 7) is 0. The van der Waals surface area contributed by atoms with Crippen LogP contribution in [0.15, 0.2) is 58.3 Å². The van der Waals surface area contributed by atoms with Crippen LogP contribution in [-0.4, -0.2) is 18.0 Å². The number of thiazole rings is 1. The lowest BCUT2D eigenvalue weighted by molar-refractivity contribution is 0.102. The molecule has 2 aromatic carbocycles. The molecule has 128 valence electrons. The van der Waals surface area contributed by atoms with Gasteiger partial charge in [-0.2, -0.15) is 0 Å². The third-order valence-corrected chi connectivity index (χ3v) is 5.47. The summed E-state index contributed by atoms with van der Waals surface area (Å²) in [4.78, 5) is 17.8. The lowest BCUT2D eigenvalue weighted by Gasteiger charge is -2.11. The van der Waals surface area contributed by atoms with Crippen molar-refractivity contribution in [1.82, 2.24) is 4.98 Å². The summed E-state index contributed by atoms with van der Waals surface area (Å²) < 4.78 is 5.12. The molecular weight excluding hydrogens is 376 g/mol. The van der Waals surface area contributed by atoms with E-state index in [0.29, 0.717) is 22.0 Å². The van der Waals surface area contributed by atoms with Gasteiger partial charge < -0.3 is 10.1 Å². The second-order valence-electron chi connectivity index (χ2n) is 5.06. The van der Waals surface area contributed by atoms with E-state index in [2.05, 4.69) is 10.3 Å². The van der Waals surface area contributed by atoms with Gasteiger partial charge in [0, 0.05) is 22.1 Å². The van der Waals surface area contributed by atoms with E-state index in [1.165, 1.54) is 0 Å². The van der Waals surface area contributed by atoms with Crippen molar-refractivity contribution in [3.8, 4) is 5.75 Å². The summed E-state index contributed by atoms with van der Waals surface area (Å²) in [5, 5.41) is 5.30. The molecule has 4 nitrogen and oxygen atoms in total. The predicted molar refractivity (Wildman–Crippen MR) is 104 cm³/mol. The molecule has 0 aliphatic rings. The van der Waals surface area contributed by atoms with Crippen molar-refractivity contribution in [1.29, 1.82) is 0 Å². The number of methoxy groups -OCH3 is 1. The number of benzene rings is 2. The number of halogens is 1. The SMILES string of the molecule is COc1ccc(NC(=O)c2ccccc2SCc2cscn2)c(Cl)c1. The van der Waals surface area contributed by atoms with E-state index in [1.54, 1.807) is 60.0 Å². The van der Waals surface area contributed by atoms with E-state index in [0.717, 1.165) is 16.3 Å². The number of carbonyl (C=O) groups excluding carboxylic acids is 1. The predicted octanol–water partition coefficient (Wildman–Crippen LogP) is 5.35. The first-order chi connectivity index (χ1) is 12.2. The lowest BCUT2D eigenvalue weighted by atomic mass is 10.2. The van der Waals surface area contributed by atoms with Crippen LogP contribution in [0.4, 0.5) is 5.69 Å². The molecule has 0 radical (unpaired) electrons. The summed E-state index contributed by atoms with van der Waals surface area (Å²) in [5.74, 6) is 1.16. The van der Waals surface area contributed by atoms with E-state index in [9.17, 15) is 4.79 Å². The van der Waals surface area contributed by atoms with E-state index >= 15 is 0 Å². The van der Waals surface area contributed by atoms with Gasteiger partial charge in [0.2, 0.25) is 0 Å². The van der Waals surface area contributed by atoms with E-state index in [-0.39, 0.29) is 5.91 Å². The quantitative estimate of drug-likeness (QED) is 0.576. The Kier molecular flexibility index (Phi) is 5.96. The van der Waals surface area contributed by atoms with E-state index in [1.807, 2.05) is 23.6 Å². The maximum absolute atomic E-state index is 12.7. The Morgan fingerprint density at radius 3 is 2.88 bits per heavy atom. The van der Waals surface area contributed by atoms with Gasteiger partial charge in [-0.15, -0.1) is 23.1 Å². The van der Waals surface area contributed by atoms with Gasteiger partial charge in [-0.3, -0.25) is 4.79 Å². The minimum atomic E-state index is -0.201. The molecule has 0 saturated heterocycles. The van der Waals surface area contributed by atoms with Crippen LogP contribution in [0.1, 0.15) is 16.1 Å². The fraction of sp³-hybridized carbons (Fsp3) is 0.111. The normalized spacial score (nSPS) is 10.5. The second-order valence-corrected chi connectivity index (χ2v) is 7.21. The number of nitrogens with zero attached hydrogens (tertiary/aromatic N) is 1. The molecule has 0 bridgehead atoms. The summed E-state index contributed by atoms with van der Waals surface area (Å²) in [5.41, 5.74) is 3.96. The molecule has 0 fully saturated rings. The van der Waals surface area contributed by atoms with Crippen LogP contribution in [0.2, 0.25) is 5.02 Å². The van der Waals surface area contributed by atoms with Crippen molar-refractivity contribution in [2.24, 2.45) is 0 Å². The number of hydrogen-bond acceptors (Lipinski definition) is 5. The molecule has 0 unspecified atom stereocenters. The molecule has 25 heavy (non-hydrogen) atoms. The van der Waals surface area contributed by atoms with Crippen molar-refractivity contribution in [2.45, 2.75) is 10.6 Å². The van der Waals surface area contributed by atoms with Gasteiger partial charge in [0.25, 0.3) is 5.91 Å². The highest BCUT2D eigenvalue weighted by Crippen LogP contribution is 2.29. The standard InChI is InChI=1S/C18H15ClN2O2S2/c1-23-13-6-7-16(15(19)8-13)21-18(22)14-4-2-3-5-17(14)25-10-12-9-24-11-20-12/h2-9,11H,10H2,1H3,(H,21,22). The number of hydrogen-bond donors (Lipinski definition) is 1. The minimum absolute atomic E-state index is 0.201. The number of carbonyl (C=O) groups is 1. The van der Waals surface area contributed by atoms with E-state index < -0.39 is 0 Å². The number of nitrogens with one attached hydrogen (secondary N) is 1. The smallest absolute Gasteiger partial charge is 0.256 e. The molecule has 3 aromatic rings. The van der Waals surface area contributed by atoms with Crippen LogP contribution >= 0.6 is 34.7 Å². The number of rotatable bonds is 6. The molecular formula is C18H15ClN2O2S2. The highest BCUT2D eigenvalue weighted by atomic mass is 35.5. The van der Waals surface area contributed by atoms with Crippen molar-refractivity contribution in [3.05, 3.63) is 69.6 Å². The molecule has 0 aliphatic heterocycles. The summed E-state index contributed by atoms with van der Waals surface area (Å²) in [6.07, 6.45) is 0. The van der Waals surface area contributed by atoms with Crippen LogP contribution in [0.5, 0.6) is 5.75 Å². The van der Waals surface area contributed by atoms with Crippen LogP contribution in [-0.2, 0) is 5.75 Å². The summed E-state index contributed by atoms with van der Waals surface area (Å²) >= 11 is 9.35. The van der Waals surface area contributed by atoms with Crippen LogP contribution in [0.25, 0.3) is 0 Å². The Morgan fingerprint density at radius 1 is 1.32 bits per heavy atom. The summed E-state index contributed by atoms with van der Waals surface area (Å²) in [6, 6.07) is 12.6. The molecule has 0 spiro atoms. The van der Waals surface area contributed by atoms with Crippen LogP contribution < -0.4 is 10.1 Å². The Labute approximate surface area is 159 Å². The average Bonchev–Trinajstić information content (AvgIpc) is 3.15. The van der Waals surface area contributed by atoms with Gasteiger partial charge in [-0.05, 0) is 24.3 Å². The number of anilines is 1. The molecule has 0 atom stereocenters. The van der Waals surface area contributed by atoms with Crippen molar-refractivity contribution < 1.29 is 9.53 Å². The third-order valence-electron chi connectivity index (χ3n) is 3.42. The van der Waals surface area contributed by atoms with Crippen molar-refractivity contribution in [2.75, 3.05) is 12.4 Å². The molecule has 1 heterocycles. The number of aromatic nitrogens is 1. The zero-order valence-electron chi connectivity index (χ0n) is 13.4. The molecule has 1 amide bonds. The van der Waals surface area contributed by atoms with Crippen molar-refractivity contribution >= 4 is 46.3 Å². The number of ether oxygens (including phenoxy) is 1. The lowest BCUT2D eigenvalue weighted by Crippen LogP contribution is -2.13. The maximum atomic E-state index is 12.7. The van der Waals surface area contributed by atoms with Gasteiger partial charge >= 0.3 is 0 Å². The molecule has 3 rings (SSSR count). The Balaban J connectivity index is 1.75. The first kappa shape index (κ1) is 17.8. The maximum Gasteiger partial charge on any atom is 0.256 e. The Hall–Kier alpha value is -2.02. The molecule has 7 heteroatoms. The van der Waals surface area contributed by atoms with Gasteiger partial charge in [-0.1, -0.05) is 23.7 Å². The van der Waals surface area contributed by atoms with Crippen LogP contribution in [0.3, 0.4) is 0 Å². The molecule has 0 saturated carbocycles. The first-order valence-corrected chi connectivity index (χ1v) is 9.72. The van der Waals surface area contributed by atoms with Crippen LogP contribution in [0, 0.1) is 0 Å². The zero-order chi connectivity index (χ0) is 17.6. The monoisotopic (exact) mass is 390 g/mol. The average molecular weight is 391 g/mol. The molecule has 1 N–H and O–H groups in total. The van der Waals surface area contributed by atoms with Gasteiger partial charge in [0.1, 0.15) is 5.75 Å². The minimum Gasteiger partial charge on any atom is -0.497 e. The number of amides is 1. The largest absolute Gasteiger partial charge is 0.497 e. The zero-order valence-corrected chi connectivity index (χ0v) is 15.8. The van der Waals surface area contributed by atoms with E-state index in [4.69, 9.17) is 16.3 Å². The molecule has 0 aliphatic carbocycles. The second kappa shape index (κ2) is 8.38. The Bertz CT molecular complexity index is 869. The Morgan fingerprint density at radius 2 is 2.16 bits per heavy atom. The molecule has 1 aromatic heterocycles. The third kappa shape index (κ3) is 4.54. The topological polar surface area (TPSA) is 51.2 Å². The highest BCUT2D eigenvalue weighted by Gasteiger charge is 2.14. The first-order valence-electron chi connectivity index (χ1n) is 7.41. The van der Waals surface area contributed by atoms with Crippen molar-refractivity contribution in [3.63, 3.8) is 0 Å². The fourth-order valence-corrected chi connectivity index (χ4v) is 3.99. The fourth-order valence-electron chi connectivity index (χ4n) is 2.15. The van der Waals surface area contributed by atoms with Gasteiger partial charge in [0.05, 0.1) is 34.6 Å². The van der Waals surface area contributed by atoms with Gasteiger partial charge in [0.15, 0.2) is 0 Å². The number of thioether (sulfide) groups is 1. The van der Waals surface area contributed by atoms with Gasteiger partial charge in [-0.25, -0.2) is 4.98 Å². The summed E-state index contributed by atoms with van der Waals surface area (Å²) in [7, 11) is 1.57.